The van der Waals surface area contributed by atoms with Crippen LogP contribution in [0.1, 0.15) is 45.1 Å². The number of benzene rings is 1. The SMILES string of the molecule is CC(C)c1cccc(NC(=O)N2CCCC(C(C)O)C2)c1. The average molecular weight is 290 g/mol. The third kappa shape index (κ3) is 4.21. The third-order valence-corrected chi connectivity index (χ3v) is 4.23. The van der Waals surface area contributed by atoms with E-state index >= 15 is 0 Å². The van der Waals surface area contributed by atoms with E-state index in [4.69, 9.17) is 0 Å². The Morgan fingerprint density at radius 2 is 2.14 bits per heavy atom. The molecule has 1 aliphatic heterocycles. The Morgan fingerprint density at radius 3 is 2.81 bits per heavy atom. The number of carbonyl (C=O) groups excluding carboxylic acids is 1. The molecule has 1 fully saturated rings. The summed E-state index contributed by atoms with van der Waals surface area (Å²) in [6.45, 7) is 7.47. The highest BCUT2D eigenvalue weighted by atomic mass is 16.3. The molecule has 0 spiro atoms. The number of nitrogens with one attached hydrogen (secondary N) is 1. The summed E-state index contributed by atoms with van der Waals surface area (Å²) >= 11 is 0. The van der Waals surface area contributed by atoms with E-state index < -0.39 is 0 Å². The molecule has 21 heavy (non-hydrogen) atoms. The minimum atomic E-state index is -0.357. The molecule has 1 aliphatic rings. The number of hydrogen-bond donors (Lipinski definition) is 2. The molecule has 2 rings (SSSR count). The van der Waals surface area contributed by atoms with Gasteiger partial charge in [-0.25, -0.2) is 4.79 Å². The largest absolute Gasteiger partial charge is 0.393 e. The van der Waals surface area contributed by atoms with Gasteiger partial charge in [-0.3, -0.25) is 0 Å². The van der Waals surface area contributed by atoms with Crippen LogP contribution in [-0.4, -0.2) is 35.2 Å². The number of nitrogens with zero attached hydrogens (tertiary/aromatic N) is 1. The maximum Gasteiger partial charge on any atom is 0.321 e. The number of aliphatic hydroxyl groups excluding tert-OH is 1. The fourth-order valence-corrected chi connectivity index (χ4v) is 2.77. The molecule has 1 saturated heterocycles. The molecule has 2 N–H and O–H groups in total. The Kier molecular flexibility index (Phi) is 5.23. The molecule has 0 saturated carbocycles. The minimum absolute atomic E-state index is 0.0683. The molecule has 0 aliphatic carbocycles. The Labute approximate surface area is 127 Å². The maximum atomic E-state index is 12.3. The number of likely N-dealkylation sites (tertiary alicyclic amines) is 1. The zero-order valence-corrected chi connectivity index (χ0v) is 13.2. The van der Waals surface area contributed by atoms with Crippen LogP contribution in [0.4, 0.5) is 10.5 Å². The molecule has 0 radical (unpaired) electrons. The van der Waals surface area contributed by atoms with Gasteiger partial charge < -0.3 is 15.3 Å². The molecule has 0 bridgehead atoms. The van der Waals surface area contributed by atoms with E-state index in [9.17, 15) is 9.90 Å². The smallest absolute Gasteiger partial charge is 0.321 e. The second-order valence-corrected chi connectivity index (χ2v) is 6.30. The molecule has 1 aromatic rings. The van der Waals surface area contributed by atoms with Gasteiger partial charge in [-0.05, 0) is 43.4 Å². The molecule has 2 atom stereocenters. The van der Waals surface area contributed by atoms with Crippen molar-refractivity contribution in [2.24, 2.45) is 5.92 Å². The van der Waals surface area contributed by atoms with Gasteiger partial charge in [-0.15, -0.1) is 0 Å². The summed E-state index contributed by atoms with van der Waals surface area (Å²) in [4.78, 5) is 14.2. The second-order valence-electron chi connectivity index (χ2n) is 6.30. The van der Waals surface area contributed by atoms with Crippen LogP contribution in [0.5, 0.6) is 0 Å². The average Bonchev–Trinajstić information content (AvgIpc) is 2.47. The van der Waals surface area contributed by atoms with Crippen LogP contribution < -0.4 is 5.32 Å². The molecular formula is C17H26N2O2. The van der Waals surface area contributed by atoms with Gasteiger partial charge in [0.1, 0.15) is 0 Å². The Morgan fingerprint density at radius 1 is 1.38 bits per heavy atom. The summed E-state index contributed by atoms with van der Waals surface area (Å²) in [6.07, 6.45) is 1.59. The van der Waals surface area contributed by atoms with Crippen molar-refractivity contribution in [1.29, 1.82) is 0 Å². The monoisotopic (exact) mass is 290 g/mol. The first-order chi connectivity index (χ1) is 9.97. The van der Waals surface area contributed by atoms with Gasteiger partial charge in [-0.1, -0.05) is 26.0 Å². The predicted molar refractivity (Wildman–Crippen MR) is 85.5 cm³/mol. The molecule has 1 aromatic carbocycles. The van der Waals surface area contributed by atoms with Crippen LogP contribution in [-0.2, 0) is 0 Å². The number of rotatable bonds is 3. The lowest BCUT2D eigenvalue weighted by molar-refractivity contribution is 0.0766. The van der Waals surface area contributed by atoms with Crippen LogP contribution in [0, 0.1) is 5.92 Å². The van der Waals surface area contributed by atoms with Crippen molar-refractivity contribution in [2.75, 3.05) is 18.4 Å². The zero-order chi connectivity index (χ0) is 15.4. The number of carbonyl (C=O) groups is 1. The van der Waals surface area contributed by atoms with Crippen molar-refractivity contribution in [3.63, 3.8) is 0 Å². The van der Waals surface area contributed by atoms with Crippen LogP contribution >= 0.6 is 0 Å². The lowest BCUT2D eigenvalue weighted by atomic mass is 9.94. The Balaban J connectivity index is 1.99. The fraction of sp³-hybridized carbons (Fsp3) is 0.588. The van der Waals surface area contributed by atoms with E-state index in [2.05, 4.69) is 25.2 Å². The maximum absolute atomic E-state index is 12.3. The van der Waals surface area contributed by atoms with Crippen LogP contribution in [0.25, 0.3) is 0 Å². The van der Waals surface area contributed by atoms with Crippen molar-refractivity contribution in [3.05, 3.63) is 29.8 Å². The number of aliphatic hydroxyl groups is 1. The van der Waals surface area contributed by atoms with Gasteiger partial charge in [0.2, 0.25) is 0 Å². The van der Waals surface area contributed by atoms with E-state index in [0.717, 1.165) is 25.1 Å². The summed E-state index contributed by atoms with van der Waals surface area (Å²) < 4.78 is 0. The lowest BCUT2D eigenvalue weighted by Gasteiger charge is -2.34. The lowest BCUT2D eigenvalue weighted by Crippen LogP contribution is -2.44. The molecule has 4 nitrogen and oxygen atoms in total. The summed E-state index contributed by atoms with van der Waals surface area (Å²) in [6, 6.07) is 7.92. The summed E-state index contributed by atoms with van der Waals surface area (Å²) in [7, 11) is 0. The van der Waals surface area contributed by atoms with E-state index in [1.807, 2.05) is 23.1 Å². The highest BCUT2D eigenvalue weighted by Gasteiger charge is 2.26. The van der Waals surface area contributed by atoms with Crippen molar-refractivity contribution in [1.82, 2.24) is 4.90 Å². The minimum Gasteiger partial charge on any atom is -0.393 e. The fourth-order valence-electron chi connectivity index (χ4n) is 2.77. The number of piperidine rings is 1. The van der Waals surface area contributed by atoms with Gasteiger partial charge in [0, 0.05) is 24.7 Å². The Hall–Kier alpha value is -1.55. The number of anilines is 1. The van der Waals surface area contributed by atoms with Crippen molar-refractivity contribution >= 4 is 11.7 Å². The van der Waals surface area contributed by atoms with E-state index in [1.165, 1.54) is 5.56 Å². The quantitative estimate of drug-likeness (QED) is 0.896. The summed E-state index contributed by atoms with van der Waals surface area (Å²) in [5.41, 5.74) is 2.05. The first-order valence-corrected chi connectivity index (χ1v) is 7.81. The summed E-state index contributed by atoms with van der Waals surface area (Å²) in [5, 5.41) is 12.7. The van der Waals surface area contributed by atoms with Crippen molar-refractivity contribution in [3.8, 4) is 0 Å². The van der Waals surface area contributed by atoms with Gasteiger partial charge in [-0.2, -0.15) is 0 Å². The van der Waals surface area contributed by atoms with Gasteiger partial charge in [0.05, 0.1) is 6.10 Å². The molecule has 116 valence electrons. The molecular weight excluding hydrogens is 264 g/mol. The summed E-state index contributed by atoms with van der Waals surface area (Å²) in [5.74, 6) is 0.628. The molecule has 2 amide bonds. The van der Waals surface area contributed by atoms with E-state index in [1.54, 1.807) is 6.92 Å². The number of amides is 2. The highest BCUT2D eigenvalue weighted by molar-refractivity contribution is 5.89. The van der Waals surface area contributed by atoms with Gasteiger partial charge >= 0.3 is 6.03 Å². The molecule has 1 heterocycles. The van der Waals surface area contributed by atoms with Crippen LogP contribution in [0.15, 0.2) is 24.3 Å². The second kappa shape index (κ2) is 6.94. The first kappa shape index (κ1) is 15.8. The van der Waals surface area contributed by atoms with E-state index in [-0.39, 0.29) is 18.1 Å². The van der Waals surface area contributed by atoms with Crippen molar-refractivity contribution < 1.29 is 9.90 Å². The van der Waals surface area contributed by atoms with Gasteiger partial charge in [0.25, 0.3) is 0 Å². The van der Waals surface area contributed by atoms with Crippen LogP contribution in [0.2, 0.25) is 0 Å². The van der Waals surface area contributed by atoms with Crippen molar-refractivity contribution in [2.45, 2.75) is 45.6 Å². The topological polar surface area (TPSA) is 52.6 Å². The van der Waals surface area contributed by atoms with E-state index in [0.29, 0.717) is 12.5 Å². The number of urea groups is 1. The number of hydrogen-bond acceptors (Lipinski definition) is 2. The highest BCUT2D eigenvalue weighted by Crippen LogP contribution is 2.22. The van der Waals surface area contributed by atoms with Gasteiger partial charge in [0.15, 0.2) is 0 Å². The first-order valence-electron chi connectivity index (χ1n) is 7.81. The predicted octanol–water partition coefficient (Wildman–Crippen LogP) is 3.43. The Bertz CT molecular complexity index is 485. The van der Waals surface area contributed by atoms with Crippen LogP contribution in [0.3, 0.4) is 0 Å². The third-order valence-electron chi connectivity index (χ3n) is 4.23. The standard InChI is InChI=1S/C17H26N2O2/c1-12(2)14-6-4-8-16(10-14)18-17(21)19-9-5-7-15(11-19)13(3)20/h4,6,8,10,12-13,15,20H,5,7,9,11H2,1-3H3,(H,18,21). The normalized spacial score (nSPS) is 20.4. The molecule has 4 heteroatoms. The molecule has 0 aromatic heterocycles. The zero-order valence-electron chi connectivity index (χ0n) is 13.2. The molecule has 2 unspecified atom stereocenters.